The number of halogens is 2. The van der Waals surface area contributed by atoms with Crippen LogP contribution in [0.25, 0.3) is 0 Å². The van der Waals surface area contributed by atoms with Crippen LogP contribution < -0.4 is 0 Å². The molecular weight excluding hydrogens is 380 g/mol. The van der Waals surface area contributed by atoms with E-state index in [0.29, 0.717) is 6.07 Å². The number of hydrogen-bond acceptors (Lipinski definition) is 5. The molecule has 0 aromatic heterocycles. The van der Waals surface area contributed by atoms with Gasteiger partial charge in [-0.25, -0.2) is 26.3 Å². The average Bonchev–Trinajstić information content (AvgIpc) is 2.63. The zero-order chi connectivity index (χ0) is 20.4. The molecule has 0 radical (unpaired) electrons. The largest absolute Gasteiger partial charge is 0.451 e. The fourth-order valence-electron chi connectivity index (χ4n) is 2.16. The topological polar surface area (TPSA) is 80.8 Å². The number of carbonyl (C=O) groups is 2. The second-order valence-corrected chi connectivity index (χ2v) is 8.01. The number of sulfonamides is 1. The van der Waals surface area contributed by atoms with Gasteiger partial charge in [0.25, 0.3) is 0 Å². The number of benzene rings is 2. The summed E-state index contributed by atoms with van der Waals surface area (Å²) in [6.45, 7) is 1.28. The molecule has 0 aliphatic rings. The molecule has 1 atom stereocenters. The van der Waals surface area contributed by atoms with Crippen molar-refractivity contribution >= 4 is 21.8 Å². The van der Waals surface area contributed by atoms with Crippen molar-refractivity contribution in [2.24, 2.45) is 0 Å². The number of hydrogen-bond donors (Lipinski definition) is 0. The lowest BCUT2D eigenvalue weighted by Crippen LogP contribution is -2.25. The van der Waals surface area contributed by atoms with Crippen LogP contribution in [0.15, 0.2) is 47.4 Å². The third-order valence-corrected chi connectivity index (χ3v) is 5.52. The molecule has 0 spiro atoms. The van der Waals surface area contributed by atoms with Gasteiger partial charge >= 0.3 is 5.97 Å². The Balaban J connectivity index is 2.19. The van der Waals surface area contributed by atoms with Crippen molar-refractivity contribution in [1.82, 2.24) is 4.31 Å². The molecule has 2 aromatic rings. The maximum Gasteiger partial charge on any atom is 0.338 e. The maximum atomic E-state index is 13.3. The van der Waals surface area contributed by atoms with Crippen LogP contribution in [0.1, 0.15) is 27.6 Å². The first-order chi connectivity index (χ1) is 12.5. The minimum Gasteiger partial charge on any atom is -0.451 e. The summed E-state index contributed by atoms with van der Waals surface area (Å²) in [6.07, 6.45) is -1.28. The van der Waals surface area contributed by atoms with Gasteiger partial charge in [0.2, 0.25) is 15.8 Å². The molecule has 27 heavy (non-hydrogen) atoms. The van der Waals surface area contributed by atoms with Crippen LogP contribution in [-0.2, 0) is 14.8 Å². The van der Waals surface area contributed by atoms with Gasteiger partial charge in [0.05, 0.1) is 10.5 Å². The third-order valence-electron chi connectivity index (χ3n) is 3.71. The van der Waals surface area contributed by atoms with Crippen molar-refractivity contribution in [1.29, 1.82) is 0 Å². The van der Waals surface area contributed by atoms with Gasteiger partial charge in [-0.15, -0.1) is 0 Å². The highest BCUT2D eigenvalue weighted by molar-refractivity contribution is 7.89. The number of rotatable bonds is 6. The zero-order valence-electron chi connectivity index (χ0n) is 14.8. The van der Waals surface area contributed by atoms with E-state index in [9.17, 15) is 26.8 Å². The number of carbonyl (C=O) groups excluding carboxylic acids is 2. The molecule has 0 fully saturated rings. The highest BCUT2D eigenvalue weighted by Crippen LogP contribution is 2.17. The molecule has 0 saturated carbocycles. The van der Waals surface area contributed by atoms with Crippen molar-refractivity contribution < 1.29 is 31.5 Å². The van der Waals surface area contributed by atoms with Crippen LogP contribution >= 0.6 is 0 Å². The van der Waals surface area contributed by atoms with Crippen LogP contribution in [0.5, 0.6) is 0 Å². The summed E-state index contributed by atoms with van der Waals surface area (Å²) in [5.74, 6) is -3.94. The summed E-state index contributed by atoms with van der Waals surface area (Å²) in [5, 5.41) is 0. The predicted octanol–water partition coefficient (Wildman–Crippen LogP) is 2.64. The number of ether oxygens (including phenoxy) is 1. The molecule has 0 bridgehead atoms. The van der Waals surface area contributed by atoms with E-state index in [1.807, 2.05) is 0 Å². The Morgan fingerprint density at radius 1 is 1.00 bits per heavy atom. The van der Waals surface area contributed by atoms with Gasteiger partial charge in [-0.3, -0.25) is 4.79 Å². The second kappa shape index (κ2) is 7.93. The molecule has 9 heteroatoms. The van der Waals surface area contributed by atoms with E-state index in [2.05, 4.69) is 0 Å². The van der Waals surface area contributed by atoms with Crippen LogP contribution in [0, 0.1) is 11.6 Å². The van der Waals surface area contributed by atoms with Crippen molar-refractivity contribution in [2.45, 2.75) is 17.9 Å². The normalized spacial score (nSPS) is 12.7. The van der Waals surface area contributed by atoms with Gasteiger partial charge in [-0.2, -0.15) is 0 Å². The highest BCUT2D eigenvalue weighted by atomic mass is 32.2. The second-order valence-electron chi connectivity index (χ2n) is 5.86. The Labute approximate surface area is 155 Å². The van der Waals surface area contributed by atoms with Crippen LogP contribution in [0.3, 0.4) is 0 Å². The lowest BCUT2D eigenvalue weighted by Gasteiger charge is -2.14. The van der Waals surface area contributed by atoms with Crippen LogP contribution in [-0.4, -0.2) is 44.7 Å². The average molecular weight is 397 g/mol. The Bertz CT molecular complexity index is 989. The lowest BCUT2D eigenvalue weighted by atomic mass is 10.1. The highest BCUT2D eigenvalue weighted by Gasteiger charge is 2.23. The molecule has 0 N–H and O–H groups in total. The van der Waals surface area contributed by atoms with Crippen molar-refractivity contribution in [3.8, 4) is 0 Å². The minimum absolute atomic E-state index is 0.0668. The van der Waals surface area contributed by atoms with Gasteiger partial charge in [-0.1, -0.05) is 6.07 Å². The third kappa shape index (κ3) is 4.55. The molecule has 0 aliphatic carbocycles. The first-order valence-corrected chi connectivity index (χ1v) is 9.21. The van der Waals surface area contributed by atoms with E-state index in [1.54, 1.807) is 0 Å². The summed E-state index contributed by atoms with van der Waals surface area (Å²) in [5.41, 5.74) is -0.221. The maximum absolute atomic E-state index is 13.3. The van der Waals surface area contributed by atoms with E-state index in [1.165, 1.54) is 39.2 Å². The molecule has 2 rings (SSSR count). The standard InChI is InChI=1S/C18H17F2NO5S/c1-11(17(22)12-7-8-15(19)16(20)10-12)26-18(23)13-5-4-6-14(9-13)27(24,25)21(2)3/h4-11H,1-3H3/t11-/m1/s1. The Kier molecular flexibility index (Phi) is 6.07. The molecular formula is C18H17F2NO5S. The predicted molar refractivity (Wildman–Crippen MR) is 92.9 cm³/mol. The molecule has 6 nitrogen and oxygen atoms in total. The molecule has 144 valence electrons. The van der Waals surface area contributed by atoms with Crippen molar-refractivity contribution in [2.75, 3.05) is 14.1 Å². The van der Waals surface area contributed by atoms with Gasteiger partial charge < -0.3 is 4.74 Å². The van der Waals surface area contributed by atoms with Crippen LogP contribution in [0.2, 0.25) is 0 Å². The van der Waals surface area contributed by atoms with E-state index < -0.39 is 39.5 Å². The van der Waals surface area contributed by atoms with E-state index in [0.717, 1.165) is 22.5 Å². The molecule has 0 amide bonds. The molecule has 0 heterocycles. The number of ketones is 1. The zero-order valence-corrected chi connectivity index (χ0v) is 15.6. The van der Waals surface area contributed by atoms with Crippen LogP contribution in [0.4, 0.5) is 8.78 Å². The van der Waals surface area contributed by atoms with Gasteiger partial charge in [-0.05, 0) is 43.3 Å². The Morgan fingerprint density at radius 3 is 2.26 bits per heavy atom. The van der Waals surface area contributed by atoms with Gasteiger partial charge in [0.15, 0.2) is 17.7 Å². The first-order valence-electron chi connectivity index (χ1n) is 7.77. The molecule has 0 unspecified atom stereocenters. The fraction of sp³-hybridized carbons (Fsp3) is 0.222. The fourth-order valence-corrected chi connectivity index (χ4v) is 3.11. The molecule has 0 saturated heterocycles. The monoisotopic (exact) mass is 397 g/mol. The summed E-state index contributed by atoms with van der Waals surface area (Å²) < 4.78 is 56.5. The molecule has 0 aliphatic heterocycles. The number of esters is 1. The number of Topliss-reactive ketones (excluding diaryl/α,β-unsaturated/α-hetero) is 1. The summed E-state index contributed by atoms with van der Waals surface area (Å²) in [7, 11) is -1.05. The van der Waals surface area contributed by atoms with E-state index >= 15 is 0 Å². The Hall–Kier alpha value is -2.65. The van der Waals surface area contributed by atoms with Gasteiger partial charge in [0, 0.05) is 19.7 Å². The smallest absolute Gasteiger partial charge is 0.338 e. The molecule has 2 aromatic carbocycles. The Morgan fingerprint density at radius 2 is 1.67 bits per heavy atom. The van der Waals surface area contributed by atoms with E-state index in [-0.39, 0.29) is 16.0 Å². The van der Waals surface area contributed by atoms with E-state index in [4.69, 9.17) is 4.74 Å². The number of nitrogens with zero attached hydrogens (tertiary/aromatic N) is 1. The SMILES string of the molecule is C[C@@H](OC(=O)c1cccc(S(=O)(=O)N(C)C)c1)C(=O)c1ccc(F)c(F)c1. The lowest BCUT2D eigenvalue weighted by molar-refractivity contribution is 0.0318. The summed E-state index contributed by atoms with van der Waals surface area (Å²) in [4.78, 5) is 24.4. The van der Waals surface area contributed by atoms with Gasteiger partial charge in [0.1, 0.15) is 0 Å². The summed E-state index contributed by atoms with van der Waals surface area (Å²) >= 11 is 0. The first kappa shape index (κ1) is 20.7. The summed E-state index contributed by atoms with van der Waals surface area (Å²) in [6, 6.07) is 7.75. The van der Waals surface area contributed by atoms with Crippen molar-refractivity contribution in [3.63, 3.8) is 0 Å². The quantitative estimate of drug-likeness (QED) is 0.553. The van der Waals surface area contributed by atoms with Crippen molar-refractivity contribution in [3.05, 3.63) is 65.2 Å². The minimum atomic E-state index is -3.75.